The quantitative estimate of drug-likeness (QED) is 0.644. The summed E-state index contributed by atoms with van der Waals surface area (Å²) in [7, 11) is 0. The number of nitrogens with two attached hydrogens (primary N) is 1. The van der Waals surface area contributed by atoms with Gasteiger partial charge >= 0.3 is 0 Å². The third-order valence-corrected chi connectivity index (χ3v) is 4.04. The van der Waals surface area contributed by atoms with E-state index >= 15 is 0 Å². The average molecular weight is 336 g/mol. The van der Waals surface area contributed by atoms with Crippen molar-refractivity contribution in [1.82, 2.24) is 24.9 Å². The van der Waals surface area contributed by atoms with Gasteiger partial charge in [0.05, 0.1) is 18.4 Å². The van der Waals surface area contributed by atoms with Crippen molar-refractivity contribution < 1.29 is 0 Å². The van der Waals surface area contributed by atoms with Crippen LogP contribution in [0.5, 0.6) is 0 Å². The predicted molar refractivity (Wildman–Crippen MR) is 97.8 cm³/mol. The molecule has 130 valence electrons. The molecule has 3 aromatic rings. The molecule has 0 unspecified atom stereocenters. The lowest BCUT2D eigenvalue weighted by molar-refractivity contribution is 0.273. The number of benzene rings is 1. The molecule has 3 rings (SSSR count). The molecule has 0 aliphatic carbocycles. The fourth-order valence-electron chi connectivity index (χ4n) is 2.78. The summed E-state index contributed by atoms with van der Waals surface area (Å²) >= 11 is 0. The molecule has 0 aliphatic rings. The van der Waals surface area contributed by atoms with E-state index in [1.165, 1.54) is 5.56 Å². The van der Waals surface area contributed by atoms with Crippen molar-refractivity contribution >= 4 is 0 Å². The van der Waals surface area contributed by atoms with Gasteiger partial charge in [0.1, 0.15) is 0 Å². The molecule has 0 radical (unpaired) electrons. The summed E-state index contributed by atoms with van der Waals surface area (Å²) in [6.45, 7) is 3.89. The molecular formula is C19H24N6. The number of rotatable bonds is 9. The second-order valence-electron chi connectivity index (χ2n) is 6.07. The SMILES string of the molecule is NCCN(CCc1ccccc1)Cc1cn(Cc2cccnc2)nn1. The zero-order valence-corrected chi connectivity index (χ0v) is 14.3. The summed E-state index contributed by atoms with van der Waals surface area (Å²) in [5, 5.41) is 8.52. The fourth-order valence-corrected chi connectivity index (χ4v) is 2.78. The Kier molecular flexibility index (Phi) is 6.25. The van der Waals surface area contributed by atoms with Crippen LogP contribution in [0.1, 0.15) is 16.8 Å². The van der Waals surface area contributed by atoms with Crippen LogP contribution in [-0.2, 0) is 19.5 Å². The molecule has 25 heavy (non-hydrogen) atoms. The molecule has 0 aliphatic heterocycles. The highest BCUT2D eigenvalue weighted by molar-refractivity contribution is 5.15. The molecule has 6 nitrogen and oxygen atoms in total. The lowest BCUT2D eigenvalue weighted by Crippen LogP contribution is -2.31. The van der Waals surface area contributed by atoms with Gasteiger partial charge in [-0.3, -0.25) is 9.88 Å². The van der Waals surface area contributed by atoms with E-state index in [0.29, 0.717) is 13.1 Å². The van der Waals surface area contributed by atoms with Crippen molar-refractivity contribution in [2.24, 2.45) is 5.73 Å². The van der Waals surface area contributed by atoms with Gasteiger partial charge in [-0.15, -0.1) is 5.10 Å². The van der Waals surface area contributed by atoms with Crippen LogP contribution in [0.2, 0.25) is 0 Å². The topological polar surface area (TPSA) is 72.9 Å². The Morgan fingerprint density at radius 1 is 1.00 bits per heavy atom. The molecular weight excluding hydrogens is 312 g/mol. The molecule has 0 fully saturated rings. The Labute approximate surface area is 148 Å². The highest BCUT2D eigenvalue weighted by Gasteiger charge is 2.09. The Morgan fingerprint density at radius 3 is 2.60 bits per heavy atom. The van der Waals surface area contributed by atoms with Gasteiger partial charge in [-0.2, -0.15) is 0 Å². The molecule has 0 saturated carbocycles. The maximum atomic E-state index is 5.77. The van der Waals surface area contributed by atoms with Gasteiger partial charge in [-0.1, -0.05) is 41.6 Å². The highest BCUT2D eigenvalue weighted by atomic mass is 15.4. The lowest BCUT2D eigenvalue weighted by atomic mass is 10.1. The monoisotopic (exact) mass is 336 g/mol. The van der Waals surface area contributed by atoms with Crippen LogP contribution >= 0.6 is 0 Å². The molecule has 0 bridgehead atoms. The van der Waals surface area contributed by atoms with Gasteiger partial charge in [0.25, 0.3) is 0 Å². The maximum Gasteiger partial charge on any atom is 0.0967 e. The van der Waals surface area contributed by atoms with E-state index in [0.717, 1.165) is 37.3 Å². The van der Waals surface area contributed by atoms with Crippen LogP contribution in [0.4, 0.5) is 0 Å². The van der Waals surface area contributed by atoms with Crippen molar-refractivity contribution in [3.63, 3.8) is 0 Å². The minimum atomic E-state index is 0.638. The van der Waals surface area contributed by atoms with E-state index in [1.807, 2.05) is 35.3 Å². The Morgan fingerprint density at radius 2 is 1.84 bits per heavy atom. The summed E-state index contributed by atoms with van der Waals surface area (Å²) in [5.41, 5.74) is 9.18. The summed E-state index contributed by atoms with van der Waals surface area (Å²) in [4.78, 5) is 6.45. The zero-order valence-electron chi connectivity index (χ0n) is 14.3. The maximum absolute atomic E-state index is 5.77. The molecule has 0 saturated heterocycles. The summed E-state index contributed by atoms with van der Waals surface area (Å²) < 4.78 is 1.85. The number of nitrogens with zero attached hydrogens (tertiary/aromatic N) is 5. The molecule has 1 aromatic carbocycles. The Balaban J connectivity index is 1.56. The van der Waals surface area contributed by atoms with Gasteiger partial charge in [-0.05, 0) is 23.6 Å². The van der Waals surface area contributed by atoms with E-state index in [-0.39, 0.29) is 0 Å². The van der Waals surface area contributed by atoms with Crippen LogP contribution in [0, 0.1) is 0 Å². The predicted octanol–water partition coefficient (Wildman–Crippen LogP) is 1.72. The highest BCUT2D eigenvalue weighted by Crippen LogP contribution is 2.06. The standard InChI is InChI=1S/C19H24N6/c20-9-12-24(11-8-17-5-2-1-3-6-17)15-19-16-25(23-22-19)14-18-7-4-10-21-13-18/h1-7,10,13,16H,8-9,11-12,14-15,20H2. The zero-order chi connectivity index (χ0) is 17.3. The van der Waals surface area contributed by atoms with Gasteiger partial charge in [0.15, 0.2) is 0 Å². The van der Waals surface area contributed by atoms with E-state index in [9.17, 15) is 0 Å². The van der Waals surface area contributed by atoms with Crippen LogP contribution in [0.3, 0.4) is 0 Å². The molecule has 2 heterocycles. The number of aromatic nitrogens is 4. The lowest BCUT2D eigenvalue weighted by Gasteiger charge is -2.20. The Hall–Kier alpha value is -2.57. The van der Waals surface area contributed by atoms with Crippen molar-refractivity contribution in [1.29, 1.82) is 0 Å². The second-order valence-corrected chi connectivity index (χ2v) is 6.07. The summed E-state index contributed by atoms with van der Waals surface area (Å²) in [6, 6.07) is 14.5. The minimum absolute atomic E-state index is 0.638. The molecule has 2 N–H and O–H groups in total. The first kappa shape index (κ1) is 17.3. The number of hydrogen-bond acceptors (Lipinski definition) is 5. The van der Waals surface area contributed by atoms with Crippen LogP contribution in [-0.4, -0.2) is 44.5 Å². The molecule has 0 atom stereocenters. The first-order valence-corrected chi connectivity index (χ1v) is 8.58. The third-order valence-electron chi connectivity index (χ3n) is 4.04. The Bertz CT molecular complexity index is 741. The van der Waals surface area contributed by atoms with E-state index < -0.39 is 0 Å². The minimum Gasteiger partial charge on any atom is -0.329 e. The molecule has 6 heteroatoms. The normalized spacial score (nSPS) is 11.1. The van der Waals surface area contributed by atoms with Gasteiger partial charge < -0.3 is 5.73 Å². The average Bonchev–Trinajstić information content (AvgIpc) is 3.08. The van der Waals surface area contributed by atoms with E-state index in [4.69, 9.17) is 5.73 Å². The van der Waals surface area contributed by atoms with E-state index in [2.05, 4.69) is 44.5 Å². The smallest absolute Gasteiger partial charge is 0.0967 e. The van der Waals surface area contributed by atoms with Crippen molar-refractivity contribution in [2.75, 3.05) is 19.6 Å². The summed E-state index contributed by atoms with van der Waals surface area (Å²) in [5.74, 6) is 0. The van der Waals surface area contributed by atoms with Gasteiger partial charge in [0, 0.05) is 38.6 Å². The van der Waals surface area contributed by atoms with Crippen molar-refractivity contribution in [3.05, 3.63) is 77.9 Å². The molecule has 2 aromatic heterocycles. The van der Waals surface area contributed by atoms with E-state index in [1.54, 1.807) is 6.20 Å². The summed E-state index contributed by atoms with van der Waals surface area (Å²) in [6.07, 6.45) is 6.62. The second kappa shape index (κ2) is 9.05. The first-order chi connectivity index (χ1) is 12.3. The van der Waals surface area contributed by atoms with Gasteiger partial charge in [-0.25, -0.2) is 4.68 Å². The van der Waals surface area contributed by atoms with Gasteiger partial charge in [0.2, 0.25) is 0 Å². The van der Waals surface area contributed by atoms with Crippen LogP contribution < -0.4 is 5.73 Å². The molecule has 0 amide bonds. The fraction of sp³-hybridized carbons (Fsp3) is 0.316. The largest absolute Gasteiger partial charge is 0.329 e. The van der Waals surface area contributed by atoms with Crippen LogP contribution in [0.15, 0.2) is 61.1 Å². The third kappa shape index (κ3) is 5.48. The van der Waals surface area contributed by atoms with Crippen molar-refractivity contribution in [2.45, 2.75) is 19.5 Å². The number of hydrogen-bond donors (Lipinski definition) is 1. The molecule has 0 spiro atoms. The number of pyridine rings is 1. The van der Waals surface area contributed by atoms with Crippen molar-refractivity contribution in [3.8, 4) is 0 Å². The van der Waals surface area contributed by atoms with Crippen LogP contribution in [0.25, 0.3) is 0 Å². The first-order valence-electron chi connectivity index (χ1n) is 8.58.